The molecule has 0 aliphatic heterocycles. The van der Waals surface area contributed by atoms with E-state index in [1.807, 2.05) is 0 Å². The Balaban J connectivity index is 2.52. The maximum absolute atomic E-state index is 14.2. The first kappa shape index (κ1) is 14.6. The van der Waals surface area contributed by atoms with Gasteiger partial charge in [-0.15, -0.1) is 0 Å². The SMILES string of the molecule is Cc1ccc2ncc(CC(F)(C(=O)O)P(=O)(O)O)n2c1. The molecule has 2 aromatic rings. The van der Waals surface area contributed by atoms with Gasteiger partial charge in [-0.05, 0) is 18.6 Å². The third kappa shape index (κ3) is 2.33. The maximum atomic E-state index is 14.2. The number of fused-ring (bicyclic) bond motifs is 1. The molecule has 1 atom stereocenters. The van der Waals surface area contributed by atoms with Crippen molar-refractivity contribution in [2.24, 2.45) is 0 Å². The summed E-state index contributed by atoms with van der Waals surface area (Å²) in [7, 11) is -5.48. The van der Waals surface area contributed by atoms with Crippen LogP contribution in [0.2, 0.25) is 0 Å². The second-order valence-electron chi connectivity index (χ2n) is 4.47. The second kappa shape index (κ2) is 4.66. The zero-order valence-electron chi connectivity index (χ0n) is 10.4. The lowest BCUT2D eigenvalue weighted by molar-refractivity contribution is -0.146. The van der Waals surface area contributed by atoms with Crippen LogP contribution in [0, 0.1) is 6.92 Å². The summed E-state index contributed by atoms with van der Waals surface area (Å²) in [5.41, 5.74) is 1.31. The number of halogens is 1. The predicted molar refractivity (Wildman–Crippen MR) is 67.2 cm³/mol. The molecule has 0 fully saturated rings. The van der Waals surface area contributed by atoms with E-state index in [9.17, 15) is 13.8 Å². The van der Waals surface area contributed by atoms with Crippen molar-refractivity contribution in [2.45, 2.75) is 18.8 Å². The molecule has 1 unspecified atom stereocenters. The van der Waals surface area contributed by atoms with E-state index in [4.69, 9.17) is 14.9 Å². The van der Waals surface area contributed by atoms with Crippen LogP contribution in [0.25, 0.3) is 5.65 Å². The number of carboxylic acids is 1. The number of carbonyl (C=O) groups is 1. The van der Waals surface area contributed by atoms with Crippen molar-refractivity contribution in [1.29, 1.82) is 0 Å². The van der Waals surface area contributed by atoms with E-state index >= 15 is 0 Å². The summed E-state index contributed by atoms with van der Waals surface area (Å²) in [5.74, 6) is -2.20. The number of aryl methyl sites for hydroxylation is 1. The monoisotopic (exact) mass is 302 g/mol. The van der Waals surface area contributed by atoms with Crippen molar-refractivity contribution >= 4 is 19.2 Å². The van der Waals surface area contributed by atoms with Gasteiger partial charge in [0.05, 0.1) is 0 Å². The van der Waals surface area contributed by atoms with Gasteiger partial charge in [0.1, 0.15) is 5.65 Å². The second-order valence-corrected chi connectivity index (χ2v) is 6.27. The number of hydrogen-bond acceptors (Lipinski definition) is 3. The Labute approximate surface area is 112 Å². The van der Waals surface area contributed by atoms with Crippen molar-refractivity contribution in [2.75, 3.05) is 0 Å². The molecular formula is C11H12FN2O5P. The zero-order valence-corrected chi connectivity index (χ0v) is 11.3. The summed E-state index contributed by atoms with van der Waals surface area (Å²) in [5, 5.41) is 5.12. The molecule has 0 saturated carbocycles. The van der Waals surface area contributed by atoms with Gasteiger partial charge in [0.15, 0.2) is 0 Å². The molecule has 0 saturated heterocycles. The Morgan fingerprint density at radius 2 is 2.15 bits per heavy atom. The normalized spacial score (nSPS) is 15.2. The molecule has 20 heavy (non-hydrogen) atoms. The Bertz CT molecular complexity index is 725. The van der Waals surface area contributed by atoms with Crippen molar-refractivity contribution in [3.8, 4) is 0 Å². The first-order valence-corrected chi connectivity index (χ1v) is 7.17. The van der Waals surface area contributed by atoms with Gasteiger partial charge in [-0.3, -0.25) is 4.57 Å². The number of hydrogen-bond donors (Lipinski definition) is 3. The van der Waals surface area contributed by atoms with E-state index in [1.165, 1.54) is 10.6 Å². The average molecular weight is 302 g/mol. The number of nitrogens with zero attached hydrogens (tertiary/aromatic N) is 2. The highest BCUT2D eigenvalue weighted by atomic mass is 31.2. The van der Waals surface area contributed by atoms with Crippen LogP contribution in [0.15, 0.2) is 24.5 Å². The molecule has 0 bridgehead atoms. The molecule has 0 spiro atoms. The summed E-state index contributed by atoms with van der Waals surface area (Å²) < 4.78 is 26.7. The smallest absolute Gasteiger partial charge is 0.374 e. The molecule has 2 rings (SSSR count). The summed E-state index contributed by atoms with van der Waals surface area (Å²) in [4.78, 5) is 32.8. The highest BCUT2D eigenvalue weighted by Crippen LogP contribution is 2.53. The Kier molecular flexibility index (Phi) is 3.41. The Morgan fingerprint density at radius 1 is 1.50 bits per heavy atom. The highest BCUT2D eigenvalue weighted by Gasteiger charge is 2.55. The summed E-state index contributed by atoms with van der Waals surface area (Å²) in [6.07, 6.45) is 1.80. The fourth-order valence-electron chi connectivity index (χ4n) is 1.81. The highest BCUT2D eigenvalue weighted by molar-refractivity contribution is 7.54. The van der Waals surface area contributed by atoms with Gasteiger partial charge in [-0.25, -0.2) is 14.2 Å². The largest absolute Gasteiger partial charge is 0.478 e. The van der Waals surface area contributed by atoms with E-state index in [2.05, 4.69) is 4.98 Å². The quantitative estimate of drug-likeness (QED) is 0.729. The number of imidazole rings is 1. The lowest BCUT2D eigenvalue weighted by Gasteiger charge is -2.21. The third-order valence-electron chi connectivity index (χ3n) is 2.93. The first-order chi connectivity index (χ1) is 9.15. The molecule has 0 amide bonds. The number of pyridine rings is 1. The standard InChI is InChI=1S/C11H12FN2O5P/c1-7-2-3-9-13-5-8(14(9)6-7)4-11(12,10(15)16)20(17,18)19/h2-3,5-6H,4H2,1H3,(H,15,16)(H2,17,18,19). The number of alkyl halides is 1. The minimum absolute atomic E-state index is 0.0666. The minimum atomic E-state index is -5.48. The maximum Gasteiger partial charge on any atom is 0.374 e. The van der Waals surface area contributed by atoms with Crippen LogP contribution in [0.1, 0.15) is 11.3 Å². The summed E-state index contributed by atoms with van der Waals surface area (Å²) >= 11 is 0. The Hall–Kier alpha value is -1.76. The topological polar surface area (TPSA) is 112 Å². The van der Waals surface area contributed by atoms with Crippen LogP contribution in [0.5, 0.6) is 0 Å². The molecule has 9 heteroatoms. The third-order valence-corrected chi connectivity index (χ3v) is 4.21. The van der Waals surface area contributed by atoms with E-state index in [-0.39, 0.29) is 5.69 Å². The van der Waals surface area contributed by atoms with Gasteiger partial charge in [-0.2, -0.15) is 0 Å². The van der Waals surface area contributed by atoms with E-state index in [0.717, 1.165) is 5.56 Å². The minimum Gasteiger partial charge on any atom is -0.478 e. The molecule has 0 radical (unpaired) electrons. The molecule has 2 aromatic heterocycles. The van der Waals surface area contributed by atoms with Gasteiger partial charge in [0.2, 0.25) is 0 Å². The van der Waals surface area contributed by atoms with E-state index in [0.29, 0.717) is 5.65 Å². The van der Waals surface area contributed by atoms with Crippen molar-refractivity contribution in [3.63, 3.8) is 0 Å². The zero-order chi connectivity index (χ0) is 15.1. The number of aromatic nitrogens is 2. The Morgan fingerprint density at radius 3 is 2.70 bits per heavy atom. The number of carboxylic acid groups (broad SMARTS) is 1. The van der Waals surface area contributed by atoms with Gasteiger partial charge < -0.3 is 19.3 Å². The molecule has 3 N–H and O–H groups in total. The molecule has 0 aliphatic rings. The van der Waals surface area contributed by atoms with E-state index < -0.39 is 25.4 Å². The molecule has 2 heterocycles. The fourth-order valence-corrected chi connectivity index (χ4v) is 2.43. The molecule has 7 nitrogen and oxygen atoms in total. The van der Waals surface area contributed by atoms with Crippen molar-refractivity contribution < 1.29 is 28.6 Å². The molecule has 0 aliphatic carbocycles. The average Bonchev–Trinajstić information content (AvgIpc) is 2.70. The lowest BCUT2D eigenvalue weighted by Crippen LogP contribution is -2.36. The lowest BCUT2D eigenvalue weighted by atomic mass is 10.2. The molecular weight excluding hydrogens is 290 g/mol. The van der Waals surface area contributed by atoms with Gasteiger partial charge >= 0.3 is 19.0 Å². The van der Waals surface area contributed by atoms with Crippen LogP contribution < -0.4 is 0 Å². The van der Waals surface area contributed by atoms with Gasteiger partial charge in [0, 0.05) is 24.5 Å². The summed E-state index contributed by atoms with van der Waals surface area (Å²) in [6, 6.07) is 3.39. The molecule has 0 aromatic carbocycles. The van der Waals surface area contributed by atoms with Gasteiger partial charge in [-0.1, -0.05) is 6.07 Å². The van der Waals surface area contributed by atoms with Gasteiger partial charge in [0.25, 0.3) is 0 Å². The van der Waals surface area contributed by atoms with Crippen molar-refractivity contribution in [1.82, 2.24) is 9.38 Å². The van der Waals surface area contributed by atoms with Crippen molar-refractivity contribution in [3.05, 3.63) is 35.8 Å². The van der Waals surface area contributed by atoms with Crippen LogP contribution >= 0.6 is 7.60 Å². The number of rotatable bonds is 4. The van der Waals surface area contributed by atoms with Crippen LogP contribution in [0.4, 0.5) is 4.39 Å². The van der Waals surface area contributed by atoms with Crippen LogP contribution in [0.3, 0.4) is 0 Å². The van der Waals surface area contributed by atoms with Crippen LogP contribution in [-0.2, 0) is 15.8 Å². The predicted octanol–water partition coefficient (Wildman–Crippen LogP) is 1.11. The summed E-state index contributed by atoms with van der Waals surface area (Å²) in [6.45, 7) is 1.77. The first-order valence-electron chi connectivity index (χ1n) is 5.56. The fraction of sp³-hybridized carbons (Fsp3) is 0.273. The molecule has 108 valence electrons. The van der Waals surface area contributed by atoms with E-state index in [1.54, 1.807) is 25.3 Å². The van der Waals surface area contributed by atoms with Crippen LogP contribution in [-0.4, -0.2) is 35.7 Å². The number of aliphatic carboxylic acids is 1.